The third kappa shape index (κ3) is 3.80. The van der Waals surface area contributed by atoms with E-state index in [1.165, 1.54) is 16.8 Å². The Morgan fingerprint density at radius 3 is 2.53 bits per heavy atom. The first-order valence-corrected chi connectivity index (χ1v) is 10.8. The lowest BCUT2D eigenvalue weighted by Gasteiger charge is -2.34. The highest BCUT2D eigenvalue weighted by Gasteiger charge is 2.23. The van der Waals surface area contributed by atoms with Crippen molar-refractivity contribution in [3.63, 3.8) is 0 Å². The Hall–Kier alpha value is -3.45. The van der Waals surface area contributed by atoms with E-state index in [1.54, 1.807) is 18.4 Å². The van der Waals surface area contributed by atoms with Crippen molar-refractivity contribution in [1.29, 1.82) is 0 Å². The molecule has 32 heavy (non-hydrogen) atoms. The van der Waals surface area contributed by atoms with Crippen LogP contribution in [0.3, 0.4) is 0 Å². The first-order chi connectivity index (χ1) is 15.5. The Morgan fingerprint density at radius 2 is 1.78 bits per heavy atom. The molecular formula is C25H25FN4O2. The Morgan fingerprint density at radius 1 is 1.03 bits per heavy atom. The second-order valence-electron chi connectivity index (χ2n) is 8.38. The number of piperazine rings is 1. The monoisotopic (exact) mass is 432 g/mol. The van der Waals surface area contributed by atoms with Gasteiger partial charge < -0.3 is 14.2 Å². The van der Waals surface area contributed by atoms with Gasteiger partial charge in [0.05, 0.1) is 18.5 Å². The first kappa shape index (κ1) is 20.5. The van der Waals surface area contributed by atoms with Gasteiger partial charge in [0.25, 0.3) is 5.56 Å². The van der Waals surface area contributed by atoms with E-state index < -0.39 is 0 Å². The van der Waals surface area contributed by atoms with E-state index in [9.17, 15) is 9.18 Å². The third-order valence-electron chi connectivity index (χ3n) is 6.16. The standard InChI is InChI=1S/C25H25FN4O2/c1-17-23(20-5-8-22-19(15-20)9-14-32-22)27-30(16-18-3-6-21(26)7-4-18)25(31)24(17)29-12-10-28(2)11-13-29/h3-9,14-15H,10-13,16H2,1-2H3. The average molecular weight is 432 g/mol. The van der Waals surface area contributed by atoms with E-state index >= 15 is 0 Å². The number of anilines is 1. The molecule has 4 aromatic rings. The molecule has 0 amide bonds. The number of hydrogen-bond acceptors (Lipinski definition) is 5. The van der Waals surface area contributed by atoms with Crippen LogP contribution in [0.5, 0.6) is 0 Å². The maximum absolute atomic E-state index is 13.6. The van der Waals surface area contributed by atoms with Gasteiger partial charge in [0, 0.05) is 42.7 Å². The van der Waals surface area contributed by atoms with Crippen LogP contribution in [-0.4, -0.2) is 47.9 Å². The molecule has 2 aromatic heterocycles. The number of fused-ring (bicyclic) bond motifs is 1. The third-order valence-corrected chi connectivity index (χ3v) is 6.16. The van der Waals surface area contributed by atoms with E-state index in [-0.39, 0.29) is 17.9 Å². The average Bonchev–Trinajstić information content (AvgIpc) is 3.26. The maximum atomic E-state index is 13.6. The van der Waals surface area contributed by atoms with Gasteiger partial charge in [0.15, 0.2) is 0 Å². The number of rotatable bonds is 4. The Balaban J connectivity index is 1.65. The van der Waals surface area contributed by atoms with E-state index in [2.05, 4.69) is 16.8 Å². The van der Waals surface area contributed by atoms with Gasteiger partial charge in [-0.2, -0.15) is 5.10 Å². The fraction of sp³-hybridized carbons (Fsp3) is 0.280. The molecule has 0 bridgehead atoms. The van der Waals surface area contributed by atoms with Gasteiger partial charge in [0.2, 0.25) is 0 Å². The van der Waals surface area contributed by atoms with Crippen LogP contribution >= 0.6 is 0 Å². The number of halogens is 1. The summed E-state index contributed by atoms with van der Waals surface area (Å²) in [6.07, 6.45) is 1.67. The predicted molar refractivity (Wildman–Crippen MR) is 124 cm³/mol. The molecule has 1 fully saturated rings. The SMILES string of the molecule is Cc1c(-c2ccc3occc3c2)nn(Cc2ccc(F)cc2)c(=O)c1N1CCN(C)CC1. The highest BCUT2D eigenvalue weighted by Crippen LogP contribution is 2.29. The highest BCUT2D eigenvalue weighted by atomic mass is 19.1. The smallest absolute Gasteiger partial charge is 0.290 e. The summed E-state index contributed by atoms with van der Waals surface area (Å²) in [5.41, 5.74) is 4.78. The van der Waals surface area contributed by atoms with Crippen molar-refractivity contribution in [3.8, 4) is 11.3 Å². The largest absolute Gasteiger partial charge is 0.464 e. The lowest BCUT2D eigenvalue weighted by atomic mass is 10.0. The number of nitrogens with zero attached hydrogens (tertiary/aromatic N) is 4. The number of likely N-dealkylation sites (N-methyl/N-ethyl adjacent to an activating group) is 1. The zero-order valence-electron chi connectivity index (χ0n) is 18.2. The van der Waals surface area contributed by atoms with Gasteiger partial charge in [-0.05, 0) is 55.9 Å². The molecule has 1 saturated heterocycles. The molecule has 0 atom stereocenters. The van der Waals surface area contributed by atoms with Gasteiger partial charge in [-0.15, -0.1) is 0 Å². The fourth-order valence-electron chi connectivity index (χ4n) is 4.30. The summed E-state index contributed by atoms with van der Waals surface area (Å²) >= 11 is 0. The zero-order valence-corrected chi connectivity index (χ0v) is 18.2. The van der Waals surface area contributed by atoms with Crippen molar-refractivity contribution in [2.45, 2.75) is 13.5 Å². The summed E-state index contributed by atoms with van der Waals surface area (Å²) < 4.78 is 20.4. The van der Waals surface area contributed by atoms with Crippen molar-refractivity contribution in [3.05, 3.63) is 82.1 Å². The number of furan rings is 1. The van der Waals surface area contributed by atoms with E-state index in [0.717, 1.165) is 59.5 Å². The Labute approximate surface area is 185 Å². The summed E-state index contributed by atoms with van der Waals surface area (Å²) in [5.74, 6) is -0.301. The molecule has 0 unspecified atom stereocenters. The molecule has 3 heterocycles. The molecule has 0 aliphatic carbocycles. The molecular weight excluding hydrogens is 407 g/mol. The van der Waals surface area contributed by atoms with Crippen LogP contribution < -0.4 is 10.5 Å². The first-order valence-electron chi connectivity index (χ1n) is 10.8. The Bertz CT molecular complexity index is 1320. The van der Waals surface area contributed by atoms with Crippen LogP contribution in [0.15, 0.2) is 64.0 Å². The molecule has 164 valence electrons. The van der Waals surface area contributed by atoms with Gasteiger partial charge in [-0.25, -0.2) is 9.07 Å². The van der Waals surface area contributed by atoms with E-state index in [0.29, 0.717) is 5.69 Å². The minimum atomic E-state index is -0.301. The molecule has 2 aromatic carbocycles. The van der Waals surface area contributed by atoms with Crippen LogP contribution in [0.2, 0.25) is 0 Å². The lowest BCUT2D eigenvalue weighted by molar-refractivity contribution is 0.312. The van der Waals surface area contributed by atoms with Crippen LogP contribution in [0.4, 0.5) is 10.1 Å². The highest BCUT2D eigenvalue weighted by molar-refractivity contribution is 5.84. The van der Waals surface area contributed by atoms with Crippen molar-refractivity contribution in [2.24, 2.45) is 0 Å². The van der Waals surface area contributed by atoms with Gasteiger partial charge in [-0.1, -0.05) is 12.1 Å². The minimum Gasteiger partial charge on any atom is -0.464 e. The molecule has 5 rings (SSSR count). The van der Waals surface area contributed by atoms with Crippen molar-refractivity contribution >= 4 is 16.7 Å². The van der Waals surface area contributed by atoms with Crippen molar-refractivity contribution < 1.29 is 8.81 Å². The predicted octanol–water partition coefficient (Wildman–Crippen LogP) is 3.90. The van der Waals surface area contributed by atoms with Gasteiger partial charge in [-0.3, -0.25) is 4.79 Å². The topological polar surface area (TPSA) is 54.5 Å². The lowest BCUT2D eigenvalue weighted by Crippen LogP contribution is -2.47. The number of hydrogen-bond donors (Lipinski definition) is 0. The van der Waals surface area contributed by atoms with Crippen molar-refractivity contribution in [1.82, 2.24) is 14.7 Å². The second kappa shape index (κ2) is 8.24. The number of aromatic nitrogens is 2. The molecule has 1 aliphatic rings. The van der Waals surface area contributed by atoms with Crippen LogP contribution in [0, 0.1) is 12.7 Å². The van der Waals surface area contributed by atoms with E-state index in [4.69, 9.17) is 9.52 Å². The number of benzene rings is 2. The molecule has 0 radical (unpaired) electrons. The summed E-state index contributed by atoms with van der Waals surface area (Å²) in [5, 5.41) is 5.75. The molecule has 0 spiro atoms. The molecule has 0 N–H and O–H groups in total. The van der Waals surface area contributed by atoms with Gasteiger partial charge >= 0.3 is 0 Å². The van der Waals surface area contributed by atoms with Crippen LogP contribution in [0.1, 0.15) is 11.1 Å². The van der Waals surface area contributed by atoms with E-state index in [1.807, 2.05) is 31.2 Å². The minimum absolute atomic E-state index is 0.121. The summed E-state index contributed by atoms with van der Waals surface area (Å²) in [6.45, 7) is 5.62. The molecule has 0 saturated carbocycles. The fourth-order valence-corrected chi connectivity index (χ4v) is 4.30. The normalized spacial score (nSPS) is 14.9. The van der Waals surface area contributed by atoms with Crippen LogP contribution in [-0.2, 0) is 6.54 Å². The van der Waals surface area contributed by atoms with Gasteiger partial charge in [0.1, 0.15) is 17.1 Å². The van der Waals surface area contributed by atoms with Crippen LogP contribution in [0.25, 0.3) is 22.2 Å². The Kier molecular flexibility index (Phi) is 5.27. The summed E-state index contributed by atoms with van der Waals surface area (Å²) in [7, 11) is 2.09. The van der Waals surface area contributed by atoms with Crippen molar-refractivity contribution in [2.75, 3.05) is 38.1 Å². The molecule has 7 heteroatoms. The molecule has 1 aliphatic heterocycles. The maximum Gasteiger partial charge on any atom is 0.290 e. The second-order valence-corrected chi connectivity index (χ2v) is 8.38. The summed E-state index contributed by atoms with van der Waals surface area (Å²) in [4.78, 5) is 18.0. The zero-order chi connectivity index (χ0) is 22.2. The molecule has 6 nitrogen and oxygen atoms in total. The summed E-state index contributed by atoms with van der Waals surface area (Å²) in [6, 6.07) is 14.1. The quantitative estimate of drug-likeness (QED) is 0.490.